The molecule has 0 amide bonds. The third kappa shape index (κ3) is 5.63. The summed E-state index contributed by atoms with van der Waals surface area (Å²) in [5.74, 6) is -10.3. The van der Waals surface area contributed by atoms with Gasteiger partial charge in [-0.05, 0) is 0 Å². The van der Waals surface area contributed by atoms with Gasteiger partial charge in [-0.25, -0.2) is 14.4 Å². The summed E-state index contributed by atoms with van der Waals surface area (Å²) in [4.78, 5) is 68.2. The van der Waals surface area contributed by atoms with Crippen LogP contribution in [0.5, 0.6) is 0 Å². The van der Waals surface area contributed by atoms with Crippen LogP contribution >= 0.6 is 0 Å². The quantitative estimate of drug-likeness (QED) is 0.138. The van der Waals surface area contributed by atoms with Gasteiger partial charge < -0.3 is 17.8 Å². The largest absolute Gasteiger partial charge is 0.392 e. The molecule has 1 N–H and O–H groups in total. The lowest BCUT2D eigenvalue weighted by Crippen LogP contribution is -2.39. The molecule has 20 heteroatoms. The zero-order valence-corrected chi connectivity index (χ0v) is 17.5. The summed E-state index contributed by atoms with van der Waals surface area (Å²) < 4.78 is 95.1. The van der Waals surface area contributed by atoms with Gasteiger partial charge in [0.2, 0.25) is 10.5 Å². The second-order valence-corrected chi connectivity index (χ2v) is 11.1. The number of rotatable bonds is 8. The van der Waals surface area contributed by atoms with E-state index in [1.54, 1.807) is 0 Å². The average molecular weight is 522 g/mol. The summed E-state index contributed by atoms with van der Waals surface area (Å²) in [5.41, 5.74) is 0. The minimum absolute atomic E-state index is 1.04. The molecule has 3 unspecified atom stereocenters. The molecule has 0 spiro atoms. The Kier molecular flexibility index (Phi) is 6.73. The highest BCUT2D eigenvalue weighted by Crippen LogP contribution is 2.22. The van der Waals surface area contributed by atoms with E-state index in [-0.39, 0.29) is 0 Å². The molecule has 0 saturated carbocycles. The van der Waals surface area contributed by atoms with Crippen LogP contribution in [0.4, 0.5) is 0 Å². The fourth-order valence-electron chi connectivity index (χ4n) is 2.26. The van der Waals surface area contributed by atoms with E-state index in [1.807, 2.05) is 0 Å². The first-order chi connectivity index (χ1) is 14.4. The molecule has 3 atom stereocenters. The Balaban J connectivity index is 2.17. The van der Waals surface area contributed by atoms with Gasteiger partial charge in [0.25, 0.3) is 10.1 Å². The molecule has 2 saturated heterocycles. The van der Waals surface area contributed by atoms with Gasteiger partial charge >= 0.3 is 56.1 Å². The zero-order chi connectivity index (χ0) is 24.6. The number of carbonyl (C=O) groups is 6. The lowest BCUT2D eigenvalue weighted by Gasteiger charge is -2.14. The van der Waals surface area contributed by atoms with Gasteiger partial charge in [-0.3, -0.25) is 18.9 Å². The maximum atomic E-state index is 11.9. The van der Waals surface area contributed by atoms with Crippen LogP contribution in [0.15, 0.2) is 0 Å². The van der Waals surface area contributed by atoms with Gasteiger partial charge in [0.05, 0.1) is 19.3 Å². The molecule has 0 bridgehead atoms. The normalized spacial score (nSPS) is 22.8. The molecule has 2 fully saturated rings. The highest BCUT2D eigenvalue weighted by Gasteiger charge is 2.49. The number of esters is 4. The number of ether oxygens (including phenoxy) is 2. The van der Waals surface area contributed by atoms with E-state index >= 15 is 0 Å². The average Bonchev–Trinajstić information content (AvgIpc) is 3.12. The summed E-state index contributed by atoms with van der Waals surface area (Å²) >= 11 is 0. The van der Waals surface area contributed by atoms with Crippen molar-refractivity contribution in [1.82, 2.24) is 0 Å². The van der Waals surface area contributed by atoms with Crippen LogP contribution in [0.25, 0.3) is 0 Å². The van der Waals surface area contributed by atoms with Gasteiger partial charge in [0.1, 0.15) is 0 Å². The van der Waals surface area contributed by atoms with Crippen LogP contribution < -0.4 is 0 Å². The van der Waals surface area contributed by atoms with Crippen molar-refractivity contribution in [2.45, 2.75) is 35.0 Å². The Hall–Kier alpha value is -2.97. The van der Waals surface area contributed by atoms with E-state index in [0.717, 1.165) is 0 Å². The Bertz CT molecular complexity index is 1220. The molecule has 2 aliphatic rings. The standard InChI is InChI=1S/C12H10O17S3/c13-7-2-5(10(16)26-7)31(22,23)28-9(15)1-4(30(19,20)21)12(18)29-32(24,25)6-3-8(14)27-11(6)17/h4-6H,1-3H2,(H,19,20,21). The third-order valence-corrected chi connectivity index (χ3v) is 7.74. The second kappa shape index (κ2) is 8.52. The monoisotopic (exact) mass is 522 g/mol. The van der Waals surface area contributed by atoms with Crippen LogP contribution in [0.1, 0.15) is 19.3 Å². The van der Waals surface area contributed by atoms with Gasteiger partial charge in [-0.15, -0.1) is 0 Å². The molecule has 2 aliphatic heterocycles. The van der Waals surface area contributed by atoms with Gasteiger partial charge in [-0.1, -0.05) is 0 Å². The minimum atomic E-state index is -5.64. The van der Waals surface area contributed by atoms with Crippen LogP contribution in [0.3, 0.4) is 0 Å². The molecule has 2 rings (SSSR count). The van der Waals surface area contributed by atoms with Gasteiger partial charge in [-0.2, -0.15) is 25.3 Å². The van der Waals surface area contributed by atoms with Crippen molar-refractivity contribution in [3.8, 4) is 0 Å². The van der Waals surface area contributed by atoms with E-state index in [9.17, 15) is 54.0 Å². The number of cyclic esters (lactones) is 4. The van der Waals surface area contributed by atoms with Crippen molar-refractivity contribution in [2.75, 3.05) is 0 Å². The van der Waals surface area contributed by atoms with E-state index in [1.165, 1.54) is 0 Å². The van der Waals surface area contributed by atoms with E-state index in [2.05, 4.69) is 17.8 Å². The summed E-state index contributed by atoms with van der Waals surface area (Å²) in [6.45, 7) is 0. The van der Waals surface area contributed by atoms with Crippen LogP contribution in [-0.4, -0.2) is 81.4 Å². The Morgan fingerprint density at radius 1 is 0.844 bits per heavy atom. The maximum absolute atomic E-state index is 11.9. The van der Waals surface area contributed by atoms with Crippen molar-refractivity contribution in [1.29, 1.82) is 0 Å². The Labute approximate surface area is 177 Å². The summed E-state index contributed by atoms with van der Waals surface area (Å²) in [6, 6.07) is 0. The molecule has 178 valence electrons. The first-order valence-electron chi connectivity index (χ1n) is 7.82. The van der Waals surface area contributed by atoms with Crippen molar-refractivity contribution < 1.29 is 76.4 Å². The zero-order valence-electron chi connectivity index (χ0n) is 15.1. The molecular formula is C12H10O17S3. The van der Waals surface area contributed by atoms with Crippen molar-refractivity contribution in [2.24, 2.45) is 0 Å². The molecule has 0 aromatic heterocycles. The molecule has 0 radical (unpaired) electrons. The van der Waals surface area contributed by atoms with Gasteiger partial charge in [0, 0.05) is 0 Å². The SMILES string of the molecule is O=C1CC(S(=O)(=O)OC(=O)CC(C(=O)OS(=O)(=O)C2CC(=O)OC2=O)S(=O)(=O)O)C(=O)O1. The highest BCUT2D eigenvalue weighted by atomic mass is 32.2. The summed E-state index contributed by atoms with van der Waals surface area (Å²) in [7, 11) is -16.2. The predicted octanol–water partition coefficient (Wildman–Crippen LogP) is -3.94. The van der Waals surface area contributed by atoms with Gasteiger partial charge in [0.15, 0.2) is 5.25 Å². The fourth-order valence-corrected chi connectivity index (χ4v) is 5.11. The molecular weight excluding hydrogens is 512 g/mol. The molecule has 0 aliphatic carbocycles. The fraction of sp³-hybridized carbons (Fsp3) is 0.500. The Morgan fingerprint density at radius 3 is 1.59 bits per heavy atom. The van der Waals surface area contributed by atoms with Crippen LogP contribution in [-0.2, 0) is 77.0 Å². The van der Waals surface area contributed by atoms with Crippen molar-refractivity contribution in [3.05, 3.63) is 0 Å². The minimum Gasteiger partial charge on any atom is -0.392 e. The molecule has 0 aromatic rings. The molecule has 32 heavy (non-hydrogen) atoms. The number of carbonyl (C=O) groups excluding carboxylic acids is 6. The molecule has 2 heterocycles. The number of hydrogen-bond acceptors (Lipinski definition) is 16. The third-order valence-electron chi connectivity index (χ3n) is 3.74. The van der Waals surface area contributed by atoms with Crippen LogP contribution in [0.2, 0.25) is 0 Å². The highest BCUT2D eigenvalue weighted by molar-refractivity contribution is 7.89. The lowest BCUT2D eigenvalue weighted by molar-refractivity contribution is -0.153. The summed E-state index contributed by atoms with van der Waals surface area (Å²) in [6.07, 6.45) is -3.95. The van der Waals surface area contributed by atoms with Crippen LogP contribution in [0, 0.1) is 0 Å². The lowest BCUT2D eigenvalue weighted by atomic mass is 10.3. The van der Waals surface area contributed by atoms with E-state index in [0.29, 0.717) is 0 Å². The molecule has 17 nitrogen and oxygen atoms in total. The van der Waals surface area contributed by atoms with Crippen molar-refractivity contribution in [3.63, 3.8) is 0 Å². The topological polar surface area (TPSA) is 262 Å². The first-order valence-corrected chi connectivity index (χ1v) is 12.3. The second-order valence-electron chi connectivity index (χ2n) is 6.02. The predicted molar refractivity (Wildman–Crippen MR) is 89.0 cm³/mol. The Morgan fingerprint density at radius 2 is 1.25 bits per heavy atom. The maximum Gasteiger partial charge on any atom is 0.343 e. The van der Waals surface area contributed by atoms with E-state index in [4.69, 9.17) is 4.55 Å². The summed E-state index contributed by atoms with van der Waals surface area (Å²) in [5, 5.41) is -7.69. The smallest absolute Gasteiger partial charge is 0.343 e. The number of hydrogen-bond donors (Lipinski definition) is 1. The van der Waals surface area contributed by atoms with E-state index < -0.39 is 101 Å². The van der Waals surface area contributed by atoms with Crippen molar-refractivity contribution >= 4 is 66.2 Å². The first kappa shape index (κ1) is 25.3. The molecule has 0 aromatic carbocycles.